The van der Waals surface area contributed by atoms with Crippen LogP contribution in [0.1, 0.15) is 19.3 Å². The molecule has 2 fully saturated rings. The van der Waals surface area contributed by atoms with Crippen LogP contribution in [0.25, 0.3) is 0 Å². The van der Waals surface area contributed by atoms with E-state index in [1.54, 1.807) is 0 Å². The van der Waals surface area contributed by atoms with Crippen molar-refractivity contribution >= 4 is 0 Å². The van der Waals surface area contributed by atoms with Crippen LogP contribution in [0.2, 0.25) is 0 Å². The smallest absolute Gasteiger partial charge is 0.164 e. The molecule has 0 unspecified atom stereocenters. The summed E-state index contributed by atoms with van der Waals surface area (Å²) in [6.45, 7) is 0. The van der Waals surface area contributed by atoms with Gasteiger partial charge in [0.15, 0.2) is 23.1 Å². The normalized spacial score (nSPS) is 29.6. The van der Waals surface area contributed by atoms with Crippen molar-refractivity contribution < 1.29 is 23.0 Å². The van der Waals surface area contributed by atoms with E-state index in [0.29, 0.717) is 0 Å². The molecule has 3 nitrogen and oxygen atoms in total. The SMILES string of the molecule is COc1cc(F)c(F)cc1O[C@@H]1CCC[C@H]2O[C@@H]12. The summed E-state index contributed by atoms with van der Waals surface area (Å²) in [5, 5.41) is 0. The van der Waals surface area contributed by atoms with Crippen molar-refractivity contribution in [2.24, 2.45) is 0 Å². The Bertz CT molecular complexity index is 464. The molecular formula is C13H14F2O3. The topological polar surface area (TPSA) is 31.0 Å². The van der Waals surface area contributed by atoms with E-state index in [4.69, 9.17) is 14.2 Å². The van der Waals surface area contributed by atoms with Crippen molar-refractivity contribution in [1.29, 1.82) is 0 Å². The fraction of sp³-hybridized carbons (Fsp3) is 0.538. The minimum atomic E-state index is -0.941. The minimum Gasteiger partial charge on any atom is -0.493 e. The first kappa shape index (κ1) is 11.7. The molecule has 0 spiro atoms. The third kappa shape index (κ3) is 2.03. The van der Waals surface area contributed by atoms with E-state index in [2.05, 4.69) is 0 Å². The number of rotatable bonds is 3. The second-order valence-electron chi connectivity index (χ2n) is 4.64. The Hall–Kier alpha value is -1.36. The molecule has 1 heterocycles. The highest BCUT2D eigenvalue weighted by atomic mass is 19.2. The van der Waals surface area contributed by atoms with Crippen molar-refractivity contribution in [3.63, 3.8) is 0 Å². The van der Waals surface area contributed by atoms with E-state index >= 15 is 0 Å². The van der Waals surface area contributed by atoms with Crippen LogP contribution in [0.5, 0.6) is 11.5 Å². The number of halogens is 2. The third-order valence-electron chi connectivity index (χ3n) is 3.45. The number of methoxy groups -OCH3 is 1. The van der Waals surface area contributed by atoms with Gasteiger partial charge >= 0.3 is 0 Å². The molecule has 1 saturated carbocycles. The summed E-state index contributed by atoms with van der Waals surface area (Å²) in [6.07, 6.45) is 3.22. The highest BCUT2D eigenvalue weighted by molar-refractivity contribution is 5.41. The number of ether oxygens (including phenoxy) is 3. The van der Waals surface area contributed by atoms with Crippen molar-refractivity contribution in [2.75, 3.05) is 7.11 Å². The summed E-state index contributed by atoms with van der Waals surface area (Å²) >= 11 is 0. The van der Waals surface area contributed by atoms with E-state index in [-0.39, 0.29) is 29.8 Å². The van der Waals surface area contributed by atoms with Gasteiger partial charge in [0.25, 0.3) is 0 Å². The van der Waals surface area contributed by atoms with Gasteiger partial charge in [-0.05, 0) is 19.3 Å². The van der Waals surface area contributed by atoms with Crippen molar-refractivity contribution in [2.45, 2.75) is 37.6 Å². The highest BCUT2D eigenvalue weighted by Gasteiger charge is 2.48. The molecule has 1 aromatic carbocycles. The summed E-state index contributed by atoms with van der Waals surface area (Å²) in [6, 6.07) is 2.03. The number of fused-ring (bicyclic) bond motifs is 1. The van der Waals surface area contributed by atoms with Gasteiger partial charge in [-0.2, -0.15) is 0 Å². The molecule has 3 atom stereocenters. The molecule has 1 aliphatic carbocycles. The Balaban J connectivity index is 1.81. The van der Waals surface area contributed by atoms with Gasteiger partial charge in [0, 0.05) is 12.1 Å². The maximum Gasteiger partial charge on any atom is 0.164 e. The van der Waals surface area contributed by atoms with Gasteiger partial charge in [-0.3, -0.25) is 0 Å². The van der Waals surface area contributed by atoms with Crippen molar-refractivity contribution in [3.05, 3.63) is 23.8 Å². The molecule has 0 aromatic heterocycles. The van der Waals surface area contributed by atoms with Crippen molar-refractivity contribution in [1.82, 2.24) is 0 Å². The van der Waals surface area contributed by atoms with Crippen LogP contribution in [0, 0.1) is 11.6 Å². The molecular weight excluding hydrogens is 242 g/mol. The third-order valence-corrected chi connectivity index (χ3v) is 3.45. The molecule has 0 bridgehead atoms. The number of hydrogen-bond donors (Lipinski definition) is 0. The van der Waals surface area contributed by atoms with E-state index < -0.39 is 11.6 Å². The van der Waals surface area contributed by atoms with Crippen LogP contribution in [0.4, 0.5) is 8.78 Å². The van der Waals surface area contributed by atoms with E-state index in [1.165, 1.54) is 7.11 Å². The minimum absolute atomic E-state index is 0.0940. The molecule has 3 rings (SSSR count). The zero-order valence-electron chi connectivity index (χ0n) is 9.99. The Labute approximate surface area is 104 Å². The summed E-state index contributed by atoms with van der Waals surface area (Å²) < 4.78 is 42.5. The van der Waals surface area contributed by atoms with Crippen LogP contribution in [-0.4, -0.2) is 25.4 Å². The van der Waals surface area contributed by atoms with Crippen molar-refractivity contribution in [3.8, 4) is 11.5 Å². The number of hydrogen-bond acceptors (Lipinski definition) is 3. The molecule has 98 valence electrons. The summed E-state index contributed by atoms with van der Waals surface area (Å²) in [7, 11) is 1.40. The first-order chi connectivity index (χ1) is 8.69. The van der Waals surface area contributed by atoms with Gasteiger partial charge in [-0.25, -0.2) is 8.78 Å². The summed E-state index contributed by atoms with van der Waals surface area (Å²) in [5.41, 5.74) is 0. The largest absolute Gasteiger partial charge is 0.493 e. The lowest BCUT2D eigenvalue weighted by Gasteiger charge is -2.21. The molecule has 18 heavy (non-hydrogen) atoms. The second kappa shape index (κ2) is 4.39. The van der Waals surface area contributed by atoms with Crippen LogP contribution in [0.15, 0.2) is 12.1 Å². The average molecular weight is 256 g/mol. The quantitative estimate of drug-likeness (QED) is 0.779. The lowest BCUT2D eigenvalue weighted by Crippen LogP contribution is -2.28. The number of epoxide rings is 1. The molecule has 0 amide bonds. The maximum absolute atomic E-state index is 13.2. The van der Waals surface area contributed by atoms with Crippen LogP contribution in [0.3, 0.4) is 0 Å². The lowest BCUT2D eigenvalue weighted by molar-refractivity contribution is 0.142. The second-order valence-corrected chi connectivity index (χ2v) is 4.64. The average Bonchev–Trinajstić information content (AvgIpc) is 3.13. The van der Waals surface area contributed by atoms with Crippen LogP contribution in [-0.2, 0) is 4.74 Å². The zero-order chi connectivity index (χ0) is 12.7. The zero-order valence-corrected chi connectivity index (χ0v) is 9.99. The Morgan fingerprint density at radius 3 is 2.61 bits per heavy atom. The predicted molar refractivity (Wildman–Crippen MR) is 59.8 cm³/mol. The van der Waals surface area contributed by atoms with Gasteiger partial charge in [-0.1, -0.05) is 0 Å². The molecule has 5 heteroatoms. The van der Waals surface area contributed by atoms with E-state index in [1.807, 2.05) is 0 Å². The molecule has 1 aromatic rings. The summed E-state index contributed by atoms with van der Waals surface area (Å²) in [4.78, 5) is 0. The fourth-order valence-corrected chi connectivity index (χ4v) is 2.45. The first-order valence-electron chi connectivity index (χ1n) is 6.04. The maximum atomic E-state index is 13.2. The van der Waals surface area contributed by atoms with E-state index in [9.17, 15) is 8.78 Å². The van der Waals surface area contributed by atoms with Gasteiger partial charge in [0.05, 0.1) is 13.2 Å². The lowest BCUT2D eigenvalue weighted by atomic mass is 9.98. The highest BCUT2D eigenvalue weighted by Crippen LogP contribution is 2.40. The standard InChI is InChI=1S/C13H14F2O3/c1-16-11-5-7(14)8(15)6-12(11)17-9-3-2-4-10-13(9)18-10/h5-6,9-10,13H,2-4H2,1H3/t9-,10-,13+/m1/s1. The molecule has 2 aliphatic rings. The van der Waals surface area contributed by atoms with Gasteiger partial charge < -0.3 is 14.2 Å². The van der Waals surface area contributed by atoms with E-state index in [0.717, 1.165) is 31.4 Å². The monoisotopic (exact) mass is 256 g/mol. The Morgan fingerprint density at radius 2 is 1.89 bits per heavy atom. The number of benzene rings is 1. The predicted octanol–water partition coefficient (Wildman–Crippen LogP) is 2.67. The Kier molecular flexibility index (Phi) is 2.86. The van der Waals surface area contributed by atoms with Crippen LogP contribution >= 0.6 is 0 Å². The van der Waals surface area contributed by atoms with Gasteiger partial charge in [0.2, 0.25) is 0 Å². The first-order valence-corrected chi connectivity index (χ1v) is 6.04. The summed E-state index contributed by atoms with van der Waals surface area (Å²) in [5.74, 6) is -1.44. The fourth-order valence-electron chi connectivity index (χ4n) is 2.45. The molecule has 1 saturated heterocycles. The Morgan fingerprint density at radius 1 is 1.17 bits per heavy atom. The molecule has 1 aliphatic heterocycles. The molecule has 0 N–H and O–H groups in total. The molecule has 0 radical (unpaired) electrons. The van der Waals surface area contributed by atoms with Gasteiger partial charge in [0.1, 0.15) is 12.2 Å². The van der Waals surface area contributed by atoms with Crippen LogP contribution < -0.4 is 9.47 Å². The van der Waals surface area contributed by atoms with Gasteiger partial charge in [-0.15, -0.1) is 0 Å².